The zero-order chi connectivity index (χ0) is 9.84. The molecule has 13 heavy (non-hydrogen) atoms. The van der Waals surface area contributed by atoms with Crippen molar-refractivity contribution in [1.29, 1.82) is 0 Å². The van der Waals surface area contributed by atoms with E-state index in [2.05, 4.69) is 0 Å². The van der Waals surface area contributed by atoms with Crippen molar-refractivity contribution >= 4 is 22.9 Å². The number of nitrogens with zero attached hydrogens (tertiary/aromatic N) is 1. The Balaban J connectivity index is 2.82. The minimum absolute atomic E-state index is 0.263. The summed E-state index contributed by atoms with van der Waals surface area (Å²) in [5.41, 5.74) is 5.86. The third kappa shape index (κ3) is 2.66. The van der Waals surface area contributed by atoms with Gasteiger partial charge in [-0.1, -0.05) is 24.4 Å². The summed E-state index contributed by atoms with van der Waals surface area (Å²) < 4.78 is 13.2. The molecular formula is C9H11FN2S. The molecule has 1 aromatic rings. The SMILES string of the molecule is CN(CC(N)=S)c1ccccc1F. The zero-order valence-corrected chi connectivity index (χ0v) is 8.14. The number of rotatable bonds is 3. The van der Waals surface area contributed by atoms with Crippen molar-refractivity contribution in [1.82, 2.24) is 0 Å². The van der Waals surface area contributed by atoms with Gasteiger partial charge in [0.2, 0.25) is 0 Å². The summed E-state index contributed by atoms with van der Waals surface area (Å²) in [4.78, 5) is 2.03. The van der Waals surface area contributed by atoms with Gasteiger partial charge < -0.3 is 10.6 Å². The highest BCUT2D eigenvalue weighted by Gasteiger charge is 2.06. The van der Waals surface area contributed by atoms with Gasteiger partial charge in [0.15, 0.2) is 0 Å². The van der Waals surface area contributed by atoms with Gasteiger partial charge in [0.25, 0.3) is 0 Å². The molecule has 0 aromatic heterocycles. The molecule has 0 bridgehead atoms. The average molecular weight is 198 g/mol. The van der Waals surface area contributed by atoms with Crippen molar-refractivity contribution in [3.63, 3.8) is 0 Å². The molecule has 0 saturated heterocycles. The molecule has 0 saturated carbocycles. The quantitative estimate of drug-likeness (QED) is 0.747. The van der Waals surface area contributed by atoms with E-state index >= 15 is 0 Å². The fraction of sp³-hybridized carbons (Fsp3) is 0.222. The van der Waals surface area contributed by atoms with Crippen LogP contribution in [0.5, 0.6) is 0 Å². The first kappa shape index (κ1) is 9.92. The molecule has 2 N–H and O–H groups in total. The fourth-order valence-corrected chi connectivity index (χ4v) is 1.27. The number of para-hydroxylation sites is 1. The summed E-state index contributed by atoms with van der Waals surface area (Å²) >= 11 is 4.73. The van der Waals surface area contributed by atoms with Crippen LogP contribution < -0.4 is 10.6 Å². The topological polar surface area (TPSA) is 29.3 Å². The summed E-state index contributed by atoms with van der Waals surface area (Å²) in [6.07, 6.45) is 0. The zero-order valence-electron chi connectivity index (χ0n) is 7.33. The van der Waals surface area contributed by atoms with Gasteiger partial charge in [-0.3, -0.25) is 0 Å². The molecule has 0 fully saturated rings. The van der Waals surface area contributed by atoms with Crippen LogP contribution in [0.1, 0.15) is 0 Å². The third-order valence-corrected chi connectivity index (χ3v) is 1.79. The van der Waals surface area contributed by atoms with Crippen LogP contribution in [-0.2, 0) is 0 Å². The average Bonchev–Trinajstić information content (AvgIpc) is 2.03. The molecular weight excluding hydrogens is 187 g/mol. The Bertz CT molecular complexity index is 314. The minimum Gasteiger partial charge on any atom is -0.392 e. The van der Waals surface area contributed by atoms with Crippen LogP contribution in [0.15, 0.2) is 24.3 Å². The van der Waals surface area contributed by atoms with E-state index in [-0.39, 0.29) is 5.82 Å². The number of hydrogen-bond donors (Lipinski definition) is 1. The molecule has 0 aliphatic carbocycles. The molecule has 4 heteroatoms. The molecule has 0 amide bonds. The summed E-state index contributed by atoms with van der Waals surface area (Å²) in [5.74, 6) is -0.263. The molecule has 0 unspecified atom stereocenters. The van der Waals surface area contributed by atoms with Gasteiger partial charge in [-0.2, -0.15) is 0 Å². The van der Waals surface area contributed by atoms with Crippen molar-refractivity contribution in [2.75, 3.05) is 18.5 Å². The molecule has 1 aromatic carbocycles. The monoisotopic (exact) mass is 198 g/mol. The normalized spacial score (nSPS) is 9.69. The first-order valence-electron chi connectivity index (χ1n) is 3.85. The number of anilines is 1. The predicted octanol–water partition coefficient (Wildman–Crippen LogP) is 1.55. The van der Waals surface area contributed by atoms with Crippen molar-refractivity contribution in [3.8, 4) is 0 Å². The third-order valence-electron chi connectivity index (χ3n) is 1.66. The largest absolute Gasteiger partial charge is 0.392 e. The summed E-state index contributed by atoms with van der Waals surface area (Å²) in [5, 5.41) is 0. The van der Waals surface area contributed by atoms with Crippen LogP contribution in [0.2, 0.25) is 0 Å². The van der Waals surface area contributed by atoms with E-state index in [1.165, 1.54) is 6.07 Å². The van der Waals surface area contributed by atoms with Gasteiger partial charge in [-0.25, -0.2) is 4.39 Å². The molecule has 0 radical (unpaired) electrons. The minimum atomic E-state index is -0.263. The Morgan fingerprint density at radius 3 is 2.69 bits per heavy atom. The Kier molecular flexibility index (Phi) is 3.19. The lowest BCUT2D eigenvalue weighted by Crippen LogP contribution is -2.29. The van der Waals surface area contributed by atoms with E-state index in [0.717, 1.165) is 0 Å². The van der Waals surface area contributed by atoms with E-state index in [0.29, 0.717) is 17.2 Å². The van der Waals surface area contributed by atoms with Crippen LogP contribution in [0.4, 0.5) is 10.1 Å². The number of benzene rings is 1. The van der Waals surface area contributed by atoms with Crippen molar-refractivity contribution < 1.29 is 4.39 Å². The maximum atomic E-state index is 13.2. The Morgan fingerprint density at radius 1 is 1.54 bits per heavy atom. The summed E-state index contributed by atoms with van der Waals surface area (Å²) in [6, 6.07) is 6.51. The van der Waals surface area contributed by atoms with Gasteiger partial charge in [0.05, 0.1) is 17.2 Å². The first-order chi connectivity index (χ1) is 6.11. The Hall–Kier alpha value is -1.16. The second-order valence-corrected chi connectivity index (χ2v) is 3.30. The van der Waals surface area contributed by atoms with Crippen molar-refractivity contribution in [2.45, 2.75) is 0 Å². The van der Waals surface area contributed by atoms with Crippen LogP contribution in [0.25, 0.3) is 0 Å². The van der Waals surface area contributed by atoms with E-state index in [1.54, 1.807) is 30.1 Å². The highest BCUT2D eigenvalue weighted by molar-refractivity contribution is 7.80. The number of halogens is 1. The Morgan fingerprint density at radius 2 is 2.15 bits per heavy atom. The van der Waals surface area contributed by atoms with Gasteiger partial charge in [-0.15, -0.1) is 0 Å². The van der Waals surface area contributed by atoms with Gasteiger partial charge in [0, 0.05) is 7.05 Å². The van der Waals surface area contributed by atoms with E-state index < -0.39 is 0 Å². The second-order valence-electron chi connectivity index (χ2n) is 2.77. The number of nitrogens with two attached hydrogens (primary N) is 1. The van der Waals surface area contributed by atoms with Gasteiger partial charge >= 0.3 is 0 Å². The summed E-state index contributed by atoms with van der Waals surface area (Å²) in [6.45, 7) is 0.385. The molecule has 0 aliphatic heterocycles. The lowest BCUT2D eigenvalue weighted by atomic mass is 10.3. The molecule has 0 heterocycles. The molecule has 1 rings (SSSR count). The predicted molar refractivity (Wildman–Crippen MR) is 56.5 cm³/mol. The maximum Gasteiger partial charge on any atom is 0.146 e. The number of likely N-dealkylation sites (N-methyl/N-ethyl adjacent to an activating group) is 1. The van der Waals surface area contributed by atoms with E-state index in [1.807, 2.05) is 0 Å². The molecule has 2 nitrogen and oxygen atoms in total. The molecule has 0 aliphatic rings. The van der Waals surface area contributed by atoms with Crippen molar-refractivity contribution in [3.05, 3.63) is 30.1 Å². The number of hydrogen-bond acceptors (Lipinski definition) is 2. The van der Waals surface area contributed by atoms with Crippen molar-refractivity contribution in [2.24, 2.45) is 5.73 Å². The first-order valence-corrected chi connectivity index (χ1v) is 4.26. The summed E-state index contributed by atoms with van der Waals surface area (Å²) in [7, 11) is 1.75. The van der Waals surface area contributed by atoms with Crippen LogP contribution in [0, 0.1) is 5.82 Å². The highest BCUT2D eigenvalue weighted by atomic mass is 32.1. The van der Waals surface area contributed by atoms with Crippen LogP contribution in [0.3, 0.4) is 0 Å². The standard InChI is InChI=1S/C9H11FN2S/c1-12(6-9(11)13)8-5-3-2-4-7(8)10/h2-5H,6H2,1H3,(H2,11,13). The fourth-order valence-electron chi connectivity index (χ4n) is 1.08. The van der Waals surface area contributed by atoms with E-state index in [9.17, 15) is 4.39 Å². The van der Waals surface area contributed by atoms with Gasteiger partial charge in [-0.05, 0) is 12.1 Å². The maximum absolute atomic E-state index is 13.2. The molecule has 0 spiro atoms. The number of thiocarbonyl (C=S) groups is 1. The lowest BCUT2D eigenvalue weighted by Gasteiger charge is -2.18. The smallest absolute Gasteiger partial charge is 0.146 e. The molecule has 70 valence electrons. The van der Waals surface area contributed by atoms with Crippen LogP contribution >= 0.6 is 12.2 Å². The highest BCUT2D eigenvalue weighted by Crippen LogP contribution is 2.16. The van der Waals surface area contributed by atoms with Gasteiger partial charge in [0.1, 0.15) is 5.82 Å². The lowest BCUT2D eigenvalue weighted by molar-refractivity contribution is 0.625. The second kappa shape index (κ2) is 4.18. The van der Waals surface area contributed by atoms with E-state index in [4.69, 9.17) is 18.0 Å². The molecule has 0 atom stereocenters. The van der Waals surface area contributed by atoms with Crippen LogP contribution in [-0.4, -0.2) is 18.6 Å². The Labute approximate surface area is 82.2 Å².